The molecule has 0 spiro atoms. The van der Waals surface area contributed by atoms with Crippen LogP contribution >= 0.6 is 0 Å². The SMILES string of the molecule is CC(C)CCC[C@@H](C)[C@H]1CCC2[C@@H]3CC=C4C[C@@H](OC(=O)CN(CCCCCCCCNC(=O)OC(C)C)C(=O)CCCCNC(=O)OC(C)(C)C)CC[C@]4(C)C3CC[C@@]21C. The zero-order valence-electron chi connectivity index (χ0n) is 40.5. The number of nitrogens with zero attached hydrogens (tertiary/aromatic N) is 1. The second-order valence-corrected chi connectivity index (χ2v) is 21.8. The largest absolute Gasteiger partial charge is 0.461 e. The molecule has 0 heterocycles. The number of unbranched alkanes of at least 4 members (excludes halogenated alkanes) is 6. The Hall–Kier alpha value is -2.78. The van der Waals surface area contributed by atoms with Gasteiger partial charge in [-0.15, -0.1) is 0 Å². The highest BCUT2D eigenvalue weighted by Crippen LogP contribution is 2.67. The normalized spacial score (nSPS) is 27.6. The Labute approximate surface area is 371 Å². The van der Waals surface area contributed by atoms with Gasteiger partial charge in [-0.25, -0.2) is 9.59 Å². The molecule has 0 aliphatic heterocycles. The maximum absolute atomic E-state index is 13.6. The minimum atomic E-state index is -0.564. The fraction of sp³-hybridized carbons (Fsp3) is 0.882. The number of fused-ring (bicyclic) bond motifs is 5. The number of rotatable bonds is 23. The Morgan fingerprint density at radius 1 is 0.787 bits per heavy atom. The number of amides is 3. The number of alkyl carbamates (subject to hydrolysis) is 2. The molecule has 4 rings (SSSR count). The molecule has 2 N–H and O–H groups in total. The van der Waals surface area contributed by atoms with Crippen LogP contribution < -0.4 is 10.6 Å². The van der Waals surface area contributed by atoms with Gasteiger partial charge < -0.3 is 29.7 Å². The van der Waals surface area contributed by atoms with Crippen molar-refractivity contribution in [3.63, 3.8) is 0 Å². The van der Waals surface area contributed by atoms with E-state index in [4.69, 9.17) is 14.2 Å². The molecule has 0 aromatic rings. The van der Waals surface area contributed by atoms with Gasteiger partial charge in [-0.3, -0.25) is 9.59 Å². The Bertz CT molecular complexity index is 1440. The second kappa shape index (κ2) is 23.8. The van der Waals surface area contributed by atoms with Crippen LogP contribution in [0.4, 0.5) is 9.59 Å². The third-order valence-electron chi connectivity index (χ3n) is 15.2. The van der Waals surface area contributed by atoms with Crippen molar-refractivity contribution in [1.29, 1.82) is 0 Å². The smallest absolute Gasteiger partial charge is 0.407 e. The van der Waals surface area contributed by atoms with Crippen molar-refractivity contribution >= 4 is 24.1 Å². The predicted octanol–water partition coefficient (Wildman–Crippen LogP) is 11.9. The Balaban J connectivity index is 1.27. The number of carbonyl (C=O) groups excluding carboxylic acids is 4. The summed E-state index contributed by atoms with van der Waals surface area (Å²) in [6, 6.07) is 0. The molecule has 0 radical (unpaired) electrons. The first-order valence-corrected chi connectivity index (χ1v) is 24.9. The maximum atomic E-state index is 13.6. The van der Waals surface area contributed by atoms with Crippen LogP contribution in [0.2, 0.25) is 0 Å². The fourth-order valence-electron chi connectivity index (χ4n) is 12.1. The summed E-state index contributed by atoms with van der Waals surface area (Å²) < 4.78 is 16.7. The molecule has 2 unspecified atom stereocenters. The summed E-state index contributed by atoms with van der Waals surface area (Å²) in [6.45, 7) is 23.1. The van der Waals surface area contributed by atoms with Gasteiger partial charge >= 0.3 is 18.2 Å². The lowest BCUT2D eigenvalue weighted by molar-refractivity contribution is -0.156. The summed E-state index contributed by atoms with van der Waals surface area (Å²) in [5.41, 5.74) is 1.60. The van der Waals surface area contributed by atoms with Gasteiger partial charge in [0, 0.05) is 32.5 Å². The minimum Gasteiger partial charge on any atom is -0.461 e. The lowest BCUT2D eigenvalue weighted by atomic mass is 9.47. The van der Waals surface area contributed by atoms with Gasteiger partial charge in [-0.1, -0.05) is 91.2 Å². The molecule has 0 aromatic carbocycles. The predicted molar refractivity (Wildman–Crippen MR) is 245 cm³/mol. The van der Waals surface area contributed by atoms with E-state index in [1.54, 1.807) is 4.90 Å². The Morgan fingerprint density at radius 3 is 2.15 bits per heavy atom. The van der Waals surface area contributed by atoms with Gasteiger partial charge in [0.15, 0.2) is 0 Å². The van der Waals surface area contributed by atoms with Crippen molar-refractivity contribution < 1.29 is 33.4 Å². The number of esters is 1. The van der Waals surface area contributed by atoms with E-state index < -0.39 is 11.7 Å². The lowest BCUT2D eigenvalue weighted by Gasteiger charge is -2.58. The first kappa shape index (κ1) is 50.9. The van der Waals surface area contributed by atoms with Crippen molar-refractivity contribution in [3.05, 3.63) is 11.6 Å². The average molecular weight is 856 g/mol. The number of hydrogen-bond acceptors (Lipinski definition) is 7. The van der Waals surface area contributed by atoms with Gasteiger partial charge in [-0.05, 0) is 152 Å². The molecule has 0 bridgehead atoms. The fourth-order valence-corrected chi connectivity index (χ4v) is 12.1. The topological polar surface area (TPSA) is 123 Å². The summed E-state index contributed by atoms with van der Waals surface area (Å²) in [4.78, 5) is 52.6. The highest BCUT2D eigenvalue weighted by Gasteiger charge is 2.59. The zero-order chi connectivity index (χ0) is 44.8. The summed E-state index contributed by atoms with van der Waals surface area (Å²) >= 11 is 0. The molecule has 350 valence electrons. The quantitative estimate of drug-likeness (QED) is 0.0454. The summed E-state index contributed by atoms with van der Waals surface area (Å²) in [5.74, 6) is 4.42. The van der Waals surface area contributed by atoms with Gasteiger partial charge in [0.2, 0.25) is 5.91 Å². The maximum Gasteiger partial charge on any atom is 0.407 e. The van der Waals surface area contributed by atoms with Crippen molar-refractivity contribution in [2.45, 2.75) is 215 Å². The minimum absolute atomic E-state index is 0.0258. The van der Waals surface area contributed by atoms with E-state index in [1.807, 2.05) is 34.6 Å². The van der Waals surface area contributed by atoms with E-state index in [1.165, 1.54) is 56.9 Å². The molecule has 3 saturated carbocycles. The van der Waals surface area contributed by atoms with Gasteiger partial charge in [-0.2, -0.15) is 0 Å². The molecular weight excluding hydrogens is 767 g/mol. The Kier molecular flexibility index (Phi) is 19.8. The summed E-state index contributed by atoms with van der Waals surface area (Å²) in [5, 5.41) is 5.57. The van der Waals surface area contributed by atoms with Crippen molar-refractivity contribution in [2.75, 3.05) is 26.2 Å². The molecule has 0 aromatic heterocycles. The molecule has 4 aliphatic rings. The molecular formula is C51H89N3O7. The van der Waals surface area contributed by atoms with Gasteiger partial charge in [0.1, 0.15) is 18.2 Å². The van der Waals surface area contributed by atoms with Crippen LogP contribution in [0.3, 0.4) is 0 Å². The molecule has 61 heavy (non-hydrogen) atoms. The number of ether oxygens (including phenoxy) is 3. The van der Waals surface area contributed by atoms with Crippen LogP contribution in [0.1, 0.15) is 198 Å². The molecule has 3 fully saturated rings. The number of nitrogens with one attached hydrogen (secondary N) is 2. The molecule has 0 saturated heterocycles. The van der Waals surface area contributed by atoms with Crippen LogP contribution in [0.5, 0.6) is 0 Å². The monoisotopic (exact) mass is 856 g/mol. The van der Waals surface area contributed by atoms with Crippen LogP contribution in [0, 0.1) is 46.3 Å². The molecule has 8 atom stereocenters. The summed E-state index contributed by atoms with van der Waals surface area (Å²) in [6.07, 6.45) is 22.3. The highest BCUT2D eigenvalue weighted by atomic mass is 16.6. The lowest BCUT2D eigenvalue weighted by Crippen LogP contribution is -2.51. The van der Waals surface area contributed by atoms with Crippen LogP contribution in [-0.4, -0.2) is 73.0 Å². The van der Waals surface area contributed by atoms with E-state index in [9.17, 15) is 19.2 Å². The number of hydrogen-bond donors (Lipinski definition) is 2. The van der Waals surface area contributed by atoms with Gasteiger partial charge in [0.25, 0.3) is 0 Å². The standard InChI is InChI=1S/C51H89N3O7/c1-36(2)20-19-21-38(5)42-25-26-43-41-24-23-39-34-40(27-29-50(39,9)44(41)28-30-51(42,43)10)60-46(56)35-54(45(55)22-15-17-32-53-48(58)61-49(6,7)8)33-18-14-12-11-13-16-31-52-47(57)59-37(3)4/h23,36-38,40-44H,11-22,24-35H2,1-10H3,(H,52,57)(H,53,58)/t38-,40+,41+,42-,43?,44?,50+,51-/m1/s1. The van der Waals surface area contributed by atoms with Crippen molar-refractivity contribution in [2.24, 2.45) is 46.3 Å². The third-order valence-corrected chi connectivity index (χ3v) is 15.2. The third kappa shape index (κ3) is 15.5. The molecule has 4 aliphatic carbocycles. The van der Waals surface area contributed by atoms with E-state index in [0.717, 1.165) is 93.3 Å². The number of carbonyl (C=O) groups is 4. The van der Waals surface area contributed by atoms with Crippen LogP contribution in [0.15, 0.2) is 11.6 Å². The van der Waals surface area contributed by atoms with Gasteiger partial charge in [0.05, 0.1) is 6.10 Å². The van der Waals surface area contributed by atoms with E-state index in [-0.39, 0.29) is 42.1 Å². The van der Waals surface area contributed by atoms with Crippen molar-refractivity contribution in [1.82, 2.24) is 15.5 Å². The highest BCUT2D eigenvalue weighted by molar-refractivity contribution is 5.82. The van der Waals surface area contributed by atoms with Crippen LogP contribution in [-0.2, 0) is 23.8 Å². The Morgan fingerprint density at radius 2 is 1.46 bits per heavy atom. The first-order valence-electron chi connectivity index (χ1n) is 24.9. The zero-order valence-corrected chi connectivity index (χ0v) is 40.5. The van der Waals surface area contributed by atoms with Crippen LogP contribution in [0.25, 0.3) is 0 Å². The van der Waals surface area contributed by atoms with E-state index >= 15 is 0 Å². The molecule has 10 nitrogen and oxygen atoms in total. The molecule has 3 amide bonds. The summed E-state index contributed by atoms with van der Waals surface area (Å²) in [7, 11) is 0. The number of allylic oxidation sites excluding steroid dienone is 1. The molecule has 10 heteroatoms. The second-order valence-electron chi connectivity index (χ2n) is 21.8. The van der Waals surface area contributed by atoms with Crippen molar-refractivity contribution in [3.8, 4) is 0 Å². The van der Waals surface area contributed by atoms with E-state index in [2.05, 4.69) is 51.3 Å². The average Bonchev–Trinajstić information content (AvgIpc) is 3.53. The first-order chi connectivity index (χ1) is 28.8. The van der Waals surface area contributed by atoms with E-state index in [0.29, 0.717) is 44.3 Å².